The summed E-state index contributed by atoms with van der Waals surface area (Å²) in [6.45, 7) is 5.89. The van der Waals surface area contributed by atoms with Gasteiger partial charge in [-0.3, -0.25) is 4.79 Å². The van der Waals surface area contributed by atoms with Crippen LogP contribution in [0.5, 0.6) is 0 Å². The van der Waals surface area contributed by atoms with Crippen LogP contribution in [0.2, 0.25) is 0 Å². The zero-order chi connectivity index (χ0) is 18.6. The van der Waals surface area contributed by atoms with Crippen molar-refractivity contribution in [2.75, 3.05) is 33.3 Å². The van der Waals surface area contributed by atoms with Crippen molar-refractivity contribution < 1.29 is 24.2 Å². The molecule has 3 unspecified atom stereocenters. The van der Waals surface area contributed by atoms with Crippen LogP contribution in [0.1, 0.15) is 33.1 Å². The second-order valence-corrected chi connectivity index (χ2v) is 7.30. The number of nitrogens with one attached hydrogen (secondary N) is 1. The van der Waals surface area contributed by atoms with Gasteiger partial charge in [0.1, 0.15) is 6.04 Å². The molecule has 2 heterocycles. The highest BCUT2D eigenvalue weighted by Gasteiger charge is 2.42. The molecule has 2 N–H and O–H groups in total. The first-order chi connectivity index (χ1) is 11.8. The van der Waals surface area contributed by atoms with E-state index in [4.69, 9.17) is 4.74 Å². The first-order valence-electron chi connectivity index (χ1n) is 8.92. The number of piperidine rings is 1. The van der Waals surface area contributed by atoms with Gasteiger partial charge in [0.25, 0.3) is 0 Å². The number of carboxylic acids is 1. The lowest BCUT2D eigenvalue weighted by Crippen LogP contribution is -2.51. The van der Waals surface area contributed by atoms with E-state index >= 15 is 0 Å². The largest absolute Gasteiger partial charge is 0.480 e. The lowest BCUT2D eigenvalue weighted by atomic mass is 9.96. The Morgan fingerprint density at radius 3 is 2.60 bits per heavy atom. The number of hydrogen-bond acceptors (Lipinski definition) is 4. The average molecular weight is 355 g/mol. The molecule has 3 atom stereocenters. The van der Waals surface area contributed by atoms with E-state index in [1.54, 1.807) is 4.90 Å². The minimum Gasteiger partial charge on any atom is -0.480 e. The minimum absolute atomic E-state index is 0.155. The Hall–Kier alpha value is -1.83. The summed E-state index contributed by atoms with van der Waals surface area (Å²) in [5.41, 5.74) is 0. The Kier molecular flexibility index (Phi) is 6.64. The Balaban J connectivity index is 1.98. The third kappa shape index (κ3) is 4.84. The van der Waals surface area contributed by atoms with E-state index in [9.17, 15) is 19.5 Å². The van der Waals surface area contributed by atoms with Crippen LogP contribution in [0.4, 0.5) is 4.79 Å². The molecule has 2 fully saturated rings. The smallest absolute Gasteiger partial charge is 0.326 e. The number of urea groups is 1. The van der Waals surface area contributed by atoms with E-state index in [1.165, 1.54) is 12.0 Å². The summed E-state index contributed by atoms with van der Waals surface area (Å²) in [7, 11) is 1.53. The summed E-state index contributed by atoms with van der Waals surface area (Å²) < 4.78 is 5.24. The van der Waals surface area contributed by atoms with Gasteiger partial charge in [-0.25, -0.2) is 9.59 Å². The van der Waals surface area contributed by atoms with Crippen LogP contribution in [0.25, 0.3) is 0 Å². The normalized spacial score (nSPS) is 26.8. The predicted octanol–water partition coefficient (Wildman–Crippen LogP) is 0.765. The Bertz CT molecular complexity index is 511. The molecule has 2 aliphatic rings. The van der Waals surface area contributed by atoms with Crippen molar-refractivity contribution in [2.45, 2.75) is 45.3 Å². The van der Waals surface area contributed by atoms with E-state index in [-0.39, 0.29) is 24.0 Å². The fourth-order valence-corrected chi connectivity index (χ4v) is 3.45. The molecule has 3 amide bonds. The van der Waals surface area contributed by atoms with E-state index in [0.717, 1.165) is 6.42 Å². The van der Waals surface area contributed by atoms with Crippen molar-refractivity contribution in [1.29, 1.82) is 0 Å². The van der Waals surface area contributed by atoms with Crippen LogP contribution < -0.4 is 5.32 Å². The summed E-state index contributed by atoms with van der Waals surface area (Å²) in [5, 5.41) is 12.3. The number of ether oxygens (including phenoxy) is 1. The Morgan fingerprint density at radius 1 is 1.28 bits per heavy atom. The highest BCUT2D eigenvalue weighted by molar-refractivity contribution is 5.86. The zero-order valence-corrected chi connectivity index (χ0v) is 15.2. The van der Waals surface area contributed by atoms with Gasteiger partial charge < -0.3 is 25.0 Å². The number of hydrogen-bond donors (Lipinski definition) is 2. The van der Waals surface area contributed by atoms with Crippen molar-refractivity contribution in [2.24, 2.45) is 11.8 Å². The lowest BCUT2D eigenvalue weighted by Gasteiger charge is -2.35. The first-order valence-corrected chi connectivity index (χ1v) is 8.92. The molecule has 0 aromatic heterocycles. The second-order valence-electron chi connectivity index (χ2n) is 7.30. The monoisotopic (exact) mass is 355 g/mol. The third-order valence-electron chi connectivity index (χ3n) is 4.88. The molecule has 142 valence electrons. The maximum absolute atomic E-state index is 12.9. The topological polar surface area (TPSA) is 99.2 Å². The van der Waals surface area contributed by atoms with Gasteiger partial charge in [0.15, 0.2) is 0 Å². The van der Waals surface area contributed by atoms with E-state index in [0.29, 0.717) is 44.9 Å². The van der Waals surface area contributed by atoms with Crippen molar-refractivity contribution in [3.63, 3.8) is 0 Å². The van der Waals surface area contributed by atoms with Crippen LogP contribution in [-0.2, 0) is 14.3 Å². The van der Waals surface area contributed by atoms with Gasteiger partial charge in [-0.1, -0.05) is 13.8 Å². The number of carbonyl (C=O) groups is 3. The lowest BCUT2D eigenvalue weighted by molar-refractivity contribution is -0.150. The number of nitrogens with zero attached hydrogens (tertiary/aromatic N) is 2. The second kappa shape index (κ2) is 8.51. The third-order valence-corrected chi connectivity index (χ3v) is 4.88. The molecule has 0 bridgehead atoms. The molecular formula is C17H29N3O5. The summed E-state index contributed by atoms with van der Waals surface area (Å²) in [6.07, 6.45) is 1.47. The molecule has 0 aromatic carbocycles. The molecule has 0 radical (unpaired) electrons. The van der Waals surface area contributed by atoms with Crippen LogP contribution in [0.15, 0.2) is 0 Å². The molecule has 2 saturated heterocycles. The van der Waals surface area contributed by atoms with Crippen molar-refractivity contribution >= 4 is 17.9 Å². The number of methoxy groups -OCH3 is 1. The maximum atomic E-state index is 12.9. The maximum Gasteiger partial charge on any atom is 0.326 e. The van der Waals surface area contributed by atoms with Crippen LogP contribution in [-0.4, -0.2) is 78.2 Å². The fourth-order valence-electron chi connectivity index (χ4n) is 3.45. The standard InChI is InChI=1S/C17H29N3O5/c1-11(2)8-18-17(24)19-6-4-5-12(9-19)15(21)20-10-13(25-3)7-14(20)16(22)23/h11-14H,4-10H2,1-3H3,(H,18,24)(H,22,23). The van der Waals surface area contributed by atoms with Gasteiger partial charge in [0.05, 0.1) is 12.0 Å². The predicted molar refractivity (Wildman–Crippen MR) is 91.1 cm³/mol. The molecule has 8 heteroatoms. The number of likely N-dealkylation sites (tertiary alicyclic amines) is 2. The SMILES string of the molecule is COC1CC(C(=O)O)N(C(=O)C2CCCN(C(=O)NCC(C)C)C2)C1. The van der Waals surface area contributed by atoms with Gasteiger partial charge in [-0.2, -0.15) is 0 Å². The fraction of sp³-hybridized carbons (Fsp3) is 0.824. The van der Waals surface area contributed by atoms with Crippen molar-refractivity contribution in [3.05, 3.63) is 0 Å². The number of amides is 3. The first kappa shape index (κ1) is 19.5. The molecule has 0 spiro atoms. The van der Waals surface area contributed by atoms with E-state index < -0.39 is 12.0 Å². The highest BCUT2D eigenvalue weighted by atomic mass is 16.5. The number of rotatable bonds is 5. The molecule has 0 aliphatic carbocycles. The quantitative estimate of drug-likeness (QED) is 0.759. The Morgan fingerprint density at radius 2 is 2.00 bits per heavy atom. The molecule has 2 rings (SSSR count). The van der Waals surface area contributed by atoms with Crippen LogP contribution in [0, 0.1) is 11.8 Å². The number of carbonyl (C=O) groups excluding carboxylic acids is 2. The van der Waals surface area contributed by atoms with Gasteiger partial charge in [0, 0.05) is 39.7 Å². The van der Waals surface area contributed by atoms with Gasteiger partial charge >= 0.3 is 12.0 Å². The molecule has 0 aromatic rings. The summed E-state index contributed by atoms with van der Waals surface area (Å²) in [5.74, 6) is -1.18. The van der Waals surface area contributed by atoms with Crippen molar-refractivity contribution in [1.82, 2.24) is 15.1 Å². The van der Waals surface area contributed by atoms with E-state index in [2.05, 4.69) is 5.32 Å². The molecule has 25 heavy (non-hydrogen) atoms. The summed E-state index contributed by atoms with van der Waals surface area (Å²) in [4.78, 5) is 39.6. The van der Waals surface area contributed by atoms with Gasteiger partial charge in [-0.05, 0) is 18.8 Å². The van der Waals surface area contributed by atoms with Crippen LogP contribution >= 0.6 is 0 Å². The number of aliphatic carboxylic acids is 1. The number of carboxylic acid groups (broad SMARTS) is 1. The highest BCUT2D eigenvalue weighted by Crippen LogP contribution is 2.26. The van der Waals surface area contributed by atoms with Gasteiger partial charge in [-0.15, -0.1) is 0 Å². The average Bonchev–Trinajstić information content (AvgIpc) is 3.03. The molecule has 2 aliphatic heterocycles. The van der Waals surface area contributed by atoms with E-state index in [1.807, 2.05) is 13.8 Å². The summed E-state index contributed by atoms with van der Waals surface area (Å²) in [6, 6.07) is -1.00. The summed E-state index contributed by atoms with van der Waals surface area (Å²) >= 11 is 0. The minimum atomic E-state index is -1.00. The molecular weight excluding hydrogens is 326 g/mol. The zero-order valence-electron chi connectivity index (χ0n) is 15.2. The Labute approximate surface area is 148 Å². The van der Waals surface area contributed by atoms with Crippen molar-refractivity contribution in [3.8, 4) is 0 Å². The van der Waals surface area contributed by atoms with Crippen LogP contribution in [0.3, 0.4) is 0 Å². The molecule has 8 nitrogen and oxygen atoms in total. The molecule has 0 saturated carbocycles. The van der Waals surface area contributed by atoms with Gasteiger partial charge in [0.2, 0.25) is 5.91 Å².